The van der Waals surface area contributed by atoms with Crippen LogP contribution in [0.5, 0.6) is 0 Å². The number of amides is 3. The quantitative estimate of drug-likeness (QED) is 0.787. The lowest BCUT2D eigenvalue weighted by Gasteiger charge is -2.27. The number of halogens is 2. The second kappa shape index (κ2) is 7.49. The van der Waals surface area contributed by atoms with Crippen LogP contribution in [0.25, 0.3) is 0 Å². The first-order valence-corrected chi connectivity index (χ1v) is 7.30. The molecule has 8 heteroatoms. The normalized spacial score (nSPS) is 14.7. The zero-order valence-electron chi connectivity index (χ0n) is 11.3. The van der Waals surface area contributed by atoms with Gasteiger partial charge in [0.15, 0.2) is 0 Å². The van der Waals surface area contributed by atoms with E-state index >= 15 is 0 Å². The van der Waals surface area contributed by atoms with E-state index in [0.29, 0.717) is 28.8 Å². The topological polar surface area (TPSA) is 73.5 Å². The van der Waals surface area contributed by atoms with Gasteiger partial charge in [0.2, 0.25) is 5.91 Å². The number of nitrogens with zero attached hydrogens (tertiary/aromatic N) is 1. The van der Waals surface area contributed by atoms with Crippen LogP contribution < -0.4 is 16.0 Å². The van der Waals surface area contributed by atoms with Gasteiger partial charge in [0.05, 0.1) is 16.6 Å². The lowest BCUT2D eigenvalue weighted by atomic mass is 10.3. The van der Waals surface area contributed by atoms with Crippen molar-refractivity contribution in [1.82, 2.24) is 15.5 Å². The average molecular weight is 331 g/mol. The molecule has 3 N–H and O–H groups in total. The zero-order valence-corrected chi connectivity index (χ0v) is 12.8. The summed E-state index contributed by atoms with van der Waals surface area (Å²) in [6.45, 7) is 2.85. The summed E-state index contributed by atoms with van der Waals surface area (Å²) in [4.78, 5) is 25.3. The molecule has 0 unspecified atom stereocenters. The van der Waals surface area contributed by atoms with E-state index in [4.69, 9.17) is 23.2 Å². The molecular formula is C13H16Cl2N4O2. The number of piperazine rings is 1. The van der Waals surface area contributed by atoms with Gasteiger partial charge in [0.25, 0.3) is 0 Å². The van der Waals surface area contributed by atoms with Crippen molar-refractivity contribution in [3.8, 4) is 0 Å². The van der Waals surface area contributed by atoms with Gasteiger partial charge < -0.3 is 20.9 Å². The van der Waals surface area contributed by atoms with Gasteiger partial charge in [0, 0.05) is 31.9 Å². The highest BCUT2D eigenvalue weighted by atomic mass is 35.5. The van der Waals surface area contributed by atoms with Crippen molar-refractivity contribution < 1.29 is 9.59 Å². The standard InChI is InChI=1S/C13H16Cl2N4O2/c14-10-2-1-9(7-11(10)15)18-13(21)17-8-12(20)19-5-3-16-4-6-19/h1-2,7,16H,3-6,8H2,(H2,17,18,21). The van der Waals surface area contributed by atoms with Crippen LogP contribution in [0.3, 0.4) is 0 Å². The number of carbonyl (C=O) groups is 2. The highest BCUT2D eigenvalue weighted by molar-refractivity contribution is 6.42. The van der Waals surface area contributed by atoms with Gasteiger partial charge in [-0.2, -0.15) is 0 Å². The molecule has 0 atom stereocenters. The second-order valence-electron chi connectivity index (χ2n) is 4.57. The number of benzene rings is 1. The smallest absolute Gasteiger partial charge is 0.319 e. The van der Waals surface area contributed by atoms with E-state index in [1.807, 2.05) is 0 Å². The number of urea groups is 1. The predicted molar refractivity (Wildman–Crippen MR) is 82.9 cm³/mol. The maximum absolute atomic E-state index is 11.9. The van der Waals surface area contributed by atoms with E-state index in [2.05, 4.69) is 16.0 Å². The molecule has 0 spiro atoms. The first kappa shape index (κ1) is 15.9. The van der Waals surface area contributed by atoms with Gasteiger partial charge in [0.1, 0.15) is 0 Å². The summed E-state index contributed by atoms with van der Waals surface area (Å²) >= 11 is 11.6. The van der Waals surface area contributed by atoms with Crippen molar-refractivity contribution in [2.75, 3.05) is 38.0 Å². The fourth-order valence-corrected chi connectivity index (χ4v) is 2.23. The molecule has 0 aromatic heterocycles. The molecule has 1 saturated heterocycles. The van der Waals surface area contributed by atoms with E-state index in [0.717, 1.165) is 13.1 Å². The van der Waals surface area contributed by atoms with E-state index in [1.165, 1.54) is 0 Å². The summed E-state index contributed by atoms with van der Waals surface area (Å²) in [5.74, 6) is -0.0965. The van der Waals surface area contributed by atoms with Gasteiger partial charge >= 0.3 is 6.03 Å². The Hall–Kier alpha value is -1.50. The third kappa shape index (κ3) is 4.77. The minimum atomic E-state index is -0.461. The van der Waals surface area contributed by atoms with Crippen molar-refractivity contribution in [2.45, 2.75) is 0 Å². The third-order valence-corrected chi connectivity index (χ3v) is 3.79. The van der Waals surface area contributed by atoms with Crippen LogP contribution in [0.4, 0.5) is 10.5 Å². The Labute approximate surface area is 132 Å². The SMILES string of the molecule is O=C(NCC(=O)N1CCNCC1)Nc1ccc(Cl)c(Cl)c1. The van der Waals surface area contributed by atoms with Crippen LogP contribution in [0.2, 0.25) is 10.0 Å². The third-order valence-electron chi connectivity index (χ3n) is 3.05. The molecule has 21 heavy (non-hydrogen) atoms. The number of hydrogen-bond donors (Lipinski definition) is 3. The van der Waals surface area contributed by atoms with Crippen LogP contribution in [-0.2, 0) is 4.79 Å². The van der Waals surface area contributed by atoms with E-state index in [1.54, 1.807) is 23.1 Å². The Morgan fingerprint density at radius 1 is 1.19 bits per heavy atom. The molecule has 2 rings (SSSR count). The molecule has 0 aliphatic carbocycles. The fourth-order valence-electron chi connectivity index (χ4n) is 1.93. The van der Waals surface area contributed by atoms with Crippen molar-refractivity contribution in [3.63, 3.8) is 0 Å². The molecule has 0 bridgehead atoms. The summed E-state index contributed by atoms with van der Waals surface area (Å²) < 4.78 is 0. The molecule has 3 amide bonds. The molecule has 114 valence electrons. The van der Waals surface area contributed by atoms with Crippen molar-refractivity contribution in [2.24, 2.45) is 0 Å². The van der Waals surface area contributed by atoms with Crippen LogP contribution in [0, 0.1) is 0 Å². The van der Waals surface area contributed by atoms with Crippen molar-refractivity contribution in [3.05, 3.63) is 28.2 Å². The van der Waals surface area contributed by atoms with Gasteiger partial charge in [-0.05, 0) is 18.2 Å². The largest absolute Gasteiger partial charge is 0.339 e. The molecule has 0 radical (unpaired) electrons. The Balaban J connectivity index is 1.78. The Morgan fingerprint density at radius 3 is 2.57 bits per heavy atom. The number of hydrogen-bond acceptors (Lipinski definition) is 3. The number of carbonyl (C=O) groups excluding carboxylic acids is 2. The van der Waals surface area contributed by atoms with Gasteiger partial charge in [-0.15, -0.1) is 0 Å². The summed E-state index contributed by atoms with van der Waals surface area (Å²) in [7, 11) is 0. The fraction of sp³-hybridized carbons (Fsp3) is 0.385. The van der Waals surface area contributed by atoms with Crippen molar-refractivity contribution >= 4 is 40.8 Å². The number of nitrogens with one attached hydrogen (secondary N) is 3. The molecule has 1 heterocycles. The number of anilines is 1. The lowest BCUT2D eigenvalue weighted by Crippen LogP contribution is -2.49. The van der Waals surface area contributed by atoms with E-state index < -0.39 is 6.03 Å². The van der Waals surface area contributed by atoms with E-state index in [9.17, 15) is 9.59 Å². The summed E-state index contributed by atoms with van der Waals surface area (Å²) in [6, 6.07) is 4.30. The van der Waals surface area contributed by atoms with Crippen LogP contribution in [-0.4, -0.2) is 49.6 Å². The molecule has 0 saturated carbocycles. The van der Waals surface area contributed by atoms with Crippen LogP contribution >= 0.6 is 23.2 Å². The first-order valence-electron chi connectivity index (χ1n) is 6.54. The molecule has 1 aliphatic heterocycles. The van der Waals surface area contributed by atoms with Gasteiger partial charge in [-0.3, -0.25) is 4.79 Å². The first-order chi connectivity index (χ1) is 10.1. The highest BCUT2D eigenvalue weighted by Crippen LogP contribution is 2.24. The summed E-state index contributed by atoms with van der Waals surface area (Å²) in [6.07, 6.45) is 0. The maximum Gasteiger partial charge on any atom is 0.319 e. The maximum atomic E-state index is 11.9. The highest BCUT2D eigenvalue weighted by Gasteiger charge is 2.16. The minimum absolute atomic E-state index is 0.0346. The monoisotopic (exact) mass is 330 g/mol. The van der Waals surface area contributed by atoms with Crippen LogP contribution in [0.15, 0.2) is 18.2 Å². The zero-order chi connectivity index (χ0) is 15.2. The lowest BCUT2D eigenvalue weighted by molar-refractivity contribution is -0.130. The molecule has 6 nitrogen and oxygen atoms in total. The Bertz CT molecular complexity index is 533. The molecule has 1 fully saturated rings. The summed E-state index contributed by atoms with van der Waals surface area (Å²) in [5.41, 5.74) is 0.511. The molecule has 1 aromatic rings. The Morgan fingerprint density at radius 2 is 1.90 bits per heavy atom. The summed E-state index contributed by atoms with van der Waals surface area (Å²) in [5, 5.41) is 9.04. The van der Waals surface area contributed by atoms with E-state index in [-0.39, 0.29) is 12.5 Å². The molecule has 1 aromatic carbocycles. The Kier molecular flexibility index (Phi) is 5.67. The second-order valence-corrected chi connectivity index (χ2v) is 5.38. The average Bonchev–Trinajstić information content (AvgIpc) is 2.49. The minimum Gasteiger partial charge on any atom is -0.339 e. The van der Waals surface area contributed by atoms with Crippen molar-refractivity contribution in [1.29, 1.82) is 0 Å². The predicted octanol–water partition coefficient (Wildman–Crippen LogP) is 1.55. The van der Waals surface area contributed by atoms with Gasteiger partial charge in [-0.1, -0.05) is 23.2 Å². The van der Waals surface area contributed by atoms with Gasteiger partial charge in [-0.25, -0.2) is 4.79 Å². The van der Waals surface area contributed by atoms with Crippen LogP contribution in [0.1, 0.15) is 0 Å². The molecule has 1 aliphatic rings. The number of rotatable bonds is 3. The molecular weight excluding hydrogens is 315 g/mol.